The van der Waals surface area contributed by atoms with Gasteiger partial charge in [0, 0.05) is 40.1 Å². The average Bonchev–Trinajstić information content (AvgIpc) is 2.55. The molecule has 2 N–H and O–H groups in total. The molecule has 22 heavy (non-hydrogen) atoms. The molecule has 0 saturated heterocycles. The van der Waals surface area contributed by atoms with Crippen molar-refractivity contribution in [3.05, 3.63) is 65.7 Å². The predicted molar refractivity (Wildman–Crippen MR) is 91.8 cm³/mol. The zero-order chi connectivity index (χ0) is 15.1. The van der Waals surface area contributed by atoms with Crippen LogP contribution in [0.15, 0.2) is 55.3 Å². The summed E-state index contributed by atoms with van der Waals surface area (Å²) in [5.41, 5.74) is 10.1. The molecule has 3 nitrogen and oxygen atoms in total. The van der Waals surface area contributed by atoms with Gasteiger partial charge in [0.15, 0.2) is 0 Å². The number of ether oxygens (including phenoxy) is 1. The number of fused-ring (bicyclic) bond motifs is 5. The number of hydrogen-bond donors (Lipinski definition) is 1. The maximum absolute atomic E-state index is 6.17. The molecule has 0 fully saturated rings. The third-order valence-corrected chi connectivity index (χ3v) is 4.06. The normalized spacial score (nSPS) is 13.9. The molecule has 2 aromatic carbocycles. The highest BCUT2D eigenvalue weighted by atomic mass is 16.5. The first-order valence-corrected chi connectivity index (χ1v) is 7.24. The van der Waals surface area contributed by atoms with E-state index in [0.29, 0.717) is 0 Å². The number of nitrogen functional groups attached to an aromatic ring is 1. The highest BCUT2D eigenvalue weighted by Crippen LogP contribution is 2.35. The van der Waals surface area contributed by atoms with Gasteiger partial charge in [0.05, 0.1) is 6.26 Å². The Bertz CT molecular complexity index is 925. The SMILES string of the molecule is C=CCN1C=CC=c2c1ccc1c2=COc2cccc(N)c2-1. The zero-order valence-corrected chi connectivity index (χ0v) is 12.1. The number of allylic oxidation sites excluding steroid dienone is 1. The first-order chi connectivity index (χ1) is 10.8. The second kappa shape index (κ2) is 4.81. The highest BCUT2D eigenvalue weighted by Gasteiger charge is 2.18. The van der Waals surface area contributed by atoms with Crippen LogP contribution < -0.4 is 25.8 Å². The fourth-order valence-corrected chi connectivity index (χ4v) is 3.07. The van der Waals surface area contributed by atoms with Crippen molar-refractivity contribution in [2.24, 2.45) is 0 Å². The molecule has 0 atom stereocenters. The topological polar surface area (TPSA) is 38.5 Å². The van der Waals surface area contributed by atoms with Gasteiger partial charge < -0.3 is 15.4 Å². The number of anilines is 2. The standard InChI is InChI=1S/C19H16N2O/c1-2-10-21-11-4-5-13-15-12-22-18-7-3-6-16(20)19(18)14(15)8-9-17(13)21/h2-9,11-12H,1,10,20H2. The first-order valence-electron chi connectivity index (χ1n) is 7.24. The van der Waals surface area contributed by atoms with Crippen molar-refractivity contribution in [3.63, 3.8) is 0 Å². The smallest absolute Gasteiger partial charge is 0.136 e. The van der Waals surface area contributed by atoms with Crippen molar-refractivity contribution in [2.75, 3.05) is 17.2 Å². The lowest BCUT2D eigenvalue weighted by Gasteiger charge is -2.24. The molecule has 0 amide bonds. The van der Waals surface area contributed by atoms with E-state index in [1.807, 2.05) is 36.6 Å². The maximum atomic E-state index is 6.17. The molecule has 108 valence electrons. The fraction of sp³-hybridized carbons (Fsp3) is 0.0526. The molecule has 0 radical (unpaired) electrons. The summed E-state index contributed by atoms with van der Waals surface area (Å²) in [6.07, 6.45) is 9.92. The number of benzene rings is 2. The van der Waals surface area contributed by atoms with Crippen LogP contribution >= 0.6 is 0 Å². The average molecular weight is 288 g/mol. The van der Waals surface area contributed by atoms with Crippen LogP contribution in [0, 0.1) is 0 Å². The summed E-state index contributed by atoms with van der Waals surface area (Å²) in [6, 6.07) is 10.0. The van der Waals surface area contributed by atoms with Crippen LogP contribution in [-0.2, 0) is 0 Å². The van der Waals surface area contributed by atoms with Gasteiger partial charge in [-0.3, -0.25) is 0 Å². The van der Waals surface area contributed by atoms with E-state index >= 15 is 0 Å². The minimum atomic E-state index is 0.737. The van der Waals surface area contributed by atoms with Crippen LogP contribution in [0.2, 0.25) is 0 Å². The molecule has 2 aliphatic rings. The molecule has 0 spiro atoms. The van der Waals surface area contributed by atoms with E-state index in [2.05, 4.69) is 35.9 Å². The fourth-order valence-electron chi connectivity index (χ4n) is 3.07. The van der Waals surface area contributed by atoms with E-state index in [9.17, 15) is 0 Å². The van der Waals surface area contributed by atoms with Crippen LogP contribution in [0.25, 0.3) is 23.5 Å². The lowest BCUT2D eigenvalue weighted by molar-refractivity contribution is 0.537. The van der Waals surface area contributed by atoms with Gasteiger partial charge in [-0.2, -0.15) is 0 Å². The summed E-state index contributed by atoms with van der Waals surface area (Å²) < 4.78 is 5.80. The Hall–Kier alpha value is -2.94. The Balaban J connectivity index is 2.01. The molecular weight excluding hydrogens is 272 g/mol. The molecule has 2 heterocycles. The monoisotopic (exact) mass is 288 g/mol. The maximum Gasteiger partial charge on any atom is 0.136 e. The Morgan fingerprint density at radius 2 is 2.09 bits per heavy atom. The van der Waals surface area contributed by atoms with E-state index in [1.165, 1.54) is 0 Å². The van der Waals surface area contributed by atoms with Crippen LogP contribution in [0.4, 0.5) is 11.4 Å². The van der Waals surface area contributed by atoms with Gasteiger partial charge >= 0.3 is 0 Å². The molecule has 2 aromatic rings. The van der Waals surface area contributed by atoms with E-state index in [4.69, 9.17) is 10.5 Å². The Labute approximate surface area is 128 Å². The third kappa shape index (κ3) is 1.76. The quantitative estimate of drug-likeness (QED) is 0.681. The summed E-state index contributed by atoms with van der Waals surface area (Å²) in [4.78, 5) is 2.17. The molecule has 4 rings (SSSR count). The van der Waals surface area contributed by atoms with E-state index < -0.39 is 0 Å². The van der Waals surface area contributed by atoms with Crippen molar-refractivity contribution in [2.45, 2.75) is 0 Å². The van der Waals surface area contributed by atoms with Crippen LogP contribution in [0.5, 0.6) is 5.75 Å². The summed E-state index contributed by atoms with van der Waals surface area (Å²) in [7, 11) is 0. The minimum Gasteiger partial charge on any atom is -0.464 e. The van der Waals surface area contributed by atoms with Gasteiger partial charge in [0.2, 0.25) is 0 Å². The minimum absolute atomic E-state index is 0.737. The second-order valence-electron chi connectivity index (χ2n) is 5.36. The van der Waals surface area contributed by atoms with Crippen molar-refractivity contribution < 1.29 is 4.74 Å². The lowest BCUT2D eigenvalue weighted by Crippen LogP contribution is -2.36. The van der Waals surface area contributed by atoms with Crippen molar-refractivity contribution in [1.82, 2.24) is 0 Å². The first kappa shape index (κ1) is 12.8. The van der Waals surface area contributed by atoms with Gasteiger partial charge in [-0.1, -0.05) is 24.3 Å². The molecule has 0 aliphatic carbocycles. The Morgan fingerprint density at radius 1 is 1.18 bits per heavy atom. The van der Waals surface area contributed by atoms with Gasteiger partial charge in [-0.05, 0) is 29.8 Å². The number of nitrogens with zero attached hydrogens (tertiary/aromatic N) is 1. The zero-order valence-electron chi connectivity index (χ0n) is 12.1. The van der Waals surface area contributed by atoms with Gasteiger partial charge in [-0.25, -0.2) is 0 Å². The van der Waals surface area contributed by atoms with Crippen molar-refractivity contribution in [1.29, 1.82) is 0 Å². The summed E-state index contributed by atoms with van der Waals surface area (Å²) in [5, 5.41) is 2.22. The largest absolute Gasteiger partial charge is 0.464 e. The second-order valence-corrected chi connectivity index (χ2v) is 5.36. The number of hydrogen-bond acceptors (Lipinski definition) is 3. The highest BCUT2D eigenvalue weighted by molar-refractivity contribution is 5.86. The van der Waals surface area contributed by atoms with E-state index in [-0.39, 0.29) is 0 Å². The van der Waals surface area contributed by atoms with Crippen LogP contribution in [0.3, 0.4) is 0 Å². The molecular formula is C19H16N2O. The molecule has 3 heteroatoms. The van der Waals surface area contributed by atoms with Gasteiger partial charge in [-0.15, -0.1) is 6.58 Å². The van der Waals surface area contributed by atoms with Gasteiger partial charge in [0.1, 0.15) is 5.75 Å². The summed E-state index contributed by atoms with van der Waals surface area (Å²) in [5.74, 6) is 0.807. The Morgan fingerprint density at radius 3 is 2.95 bits per heavy atom. The third-order valence-electron chi connectivity index (χ3n) is 4.06. The van der Waals surface area contributed by atoms with E-state index in [0.717, 1.165) is 45.2 Å². The molecule has 0 saturated carbocycles. The summed E-state index contributed by atoms with van der Waals surface area (Å²) in [6.45, 7) is 4.60. The molecule has 0 aromatic heterocycles. The number of nitrogens with two attached hydrogens (primary N) is 1. The van der Waals surface area contributed by atoms with Crippen LogP contribution in [-0.4, -0.2) is 6.54 Å². The summed E-state index contributed by atoms with van der Waals surface area (Å²) >= 11 is 0. The van der Waals surface area contributed by atoms with Crippen molar-refractivity contribution in [3.8, 4) is 16.9 Å². The van der Waals surface area contributed by atoms with Crippen LogP contribution in [0.1, 0.15) is 0 Å². The van der Waals surface area contributed by atoms with E-state index in [1.54, 1.807) is 0 Å². The molecule has 2 aliphatic heterocycles. The molecule has 0 bridgehead atoms. The Kier molecular flexibility index (Phi) is 2.79. The molecule has 0 unspecified atom stereocenters. The number of rotatable bonds is 2. The predicted octanol–water partition coefficient (Wildman–Crippen LogP) is 2.37. The lowest BCUT2D eigenvalue weighted by atomic mass is 9.96. The van der Waals surface area contributed by atoms with Crippen molar-refractivity contribution >= 4 is 23.7 Å². The van der Waals surface area contributed by atoms with Gasteiger partial charge in [0.25, 0.3) is 0 Å².